The fourth-order valence-corrected chi connectivity index (χ4v) is 1.94. The van der Waals surface area contributed by atoms with E-state index in [0.717, 1.165) is 11.3 Å². The normalized spacial score (nSPS) is 10.2. The van der Waals surface area contributed by atoms with E-state index in [4.69, 9.17) is 23.1 Å². The van der Waals surface area contributed by atoms with Crippen molar-refractivity contribution in [1.29, 1.82) is 0 Å². The van der Waals surface area contributed by atoms with Gasteiger partial charge in [0.1, 0.15) is 0 Å². The Hall–Kier alpha value is -2.20. The Morgan fingerprint density at radius 1 is 1.21 bits per heavy atom. The molecular weight excluding hydrogens is 262 g/mol. The minimum atomic E-state index is -0.512. The van der Waals surface area contributed by atoms with Gasteiger partial charge in [0.2, 0.25) is 0 Å². The molecule has 0 fully saturated rings. The van der Waals surface area contributed by atoms with E-state index >= 15 is 0 Å². The third-order valence-corrected chi connectivity index (χ3v) is 3.26. The fourth-order valence-electron chi connectivity index (χ4n) is 1.77. The number of halogens is 1. The summed E-state index contributed by atoms with van der Waals surface area (Å²) in [6.07, 6.45) is 0. The monoisotopic (exact) mass is 275 g/mol. The molecule has 98 valence electrons. The second-order valence-corrected chi connectivity index (χ2v) is 4.61. The van der Waals surface area contributed by atoms with Gasteiger partial charge in [-0.25, -0.2) is 0 Å². The summed E-state index contributed by atoms with van der Waals surface area (Å²) in [6.45, 7) is 1.89. The number of nitrogen functional groups attached to an aromatic ring is 1. The SMILES string of the molecule is Cc1c(Cl)cccc1Nc1cc(N)ccc1C(N)=O. The molecule has 0 bridgehead atoms. The highest BCUT2D eigenvalue weighted by molar-refractivity contribution is 6.31. The molecule has 2 aromatic carbocycles. The molecule has 0 aliphatic carbocycles. The smallest absolute Gasteiger partial charge is 0.250 e. The van der Waals surface area contributed by atoms with Gasteiger partial charge in [-0.15, -0.1) is 0 Å². The number of primary amides is 1. The molecule has 2 rings (SSSR count). The molecule has 5 N–H and O–H groups in total. The number of nitrogens with one attached hydrogen (secondary N) is 1. The molecule has 0 atom stereocenters. The van der Waals surface area contributed by atoms with Crippen LogP contribution in [-0.2, 0) is 0 Å². The van der Waals surface area contributed by atoms with Gasteiger partial charge in [-0.3, -0.25) is 4.79 Å². The number of benzene rings is 2. The van der Waals surface area contributed by atoms with Crippen LogP contribution < -0.4 is 16.8 Å². The molecule has 0 aliphatic heterocycles. The zero-order chi connectivity index (χ0) is 14.0. The first kappa shape index (κ1) is 13.2. The van der Waals surface area contributed by atoms with Crippen LogP contribution in [0.5, 0.6) is 0 Å². The quantitative estimate of drug-likeness (QED) is 0.753. The van der Waals surface area contributed by atoms with Gasteiger partial charge in [0.05, 0.1) is 11.3 Å². The maximum atomic E-state index is 11.4. The number of rotatable bonds is 3. The molecule has 1 amide bonds. The number of hydrogen-bond acceptors (Lipinski definition) is 3. The summed E-state index contributed by atoms with van der Waals surface area (Å²) in [4.78, 5) is 11.4. The zero-order valence-corrected chi connectivity index (χ0v) is 11.2. The highest BCUT2D eigenvalue weighted by atomic mass is 35.5. The summed E-state index contributed by atoms with van der Waals surface area (Å²) in [5.41, 5.74) is 14.3. The van der Waals surface area contributed by atoms with Crippen LogP contribution in [0, 0.1) is 6.92 Å². The topological polar surface area (TPSA) is 81.1 Å². The van der Waals surface area contributed by atoms with Crippen LogP contribution in [0.25, 0.3) is 0 Å². The highest BCUT2D eigenvalue weighted by Crippen LogP contribution is 2.28. The number of carbonyl (C=O) groups is 1. The van der Waals surface area contributed by atoms with Crippen LogP contribution in [0.15, 0.2) is 36.4 Å². The molecule has 0 heterocycles. The third kappa shape index (κ3) is 2.80. The highest BCUT2D eigenvalue weighted by Gasteiger charge is 2.10. The summed E-state index contributed by atoms with van der Waals surface area (Å²) in [5.74, 6) is -0.512. The average Bonchev–Trinajstić information content (AvgIpc) is 2.35. The van der Waals surface area contributed by atoms with Crippen molar-refractivity contribution in [2.45, 2.75) is 6.92 Å². The lowest BCUT2D eigenvalue weighted by Gasteiger charge is -2.13. The third-order valence-electron chi connectivity index (χ3n) is 2.85. The van der Waals surface area contributed by atoms with Crippen molar-refractivity contribution in [3.8, 4) is 0 Å². The van der Waals surface area contributed by atoms with E-state index in [1.807, 2.05) is 19.1 Å². The summed E-state index contributed by atoms with van der Waals surface area (Å²) < 4.78 is 0. The Balaban J connectivity index is 2.45. The van der Waals surface area contributed by atoms with E-state index in [0.29, 0.717) is 22.0 Å². The van der Waals surface area contributed by atoms with Crippen LogP contribution in [0.2, 0.25) is 5.02 Å². The van der Waals surface area contributed by atoms with Crippen LogP contribution >= 0.6 is 11.6 Å². The van der Waals surface area contributed by atoms with Crippen molar-refractivity contribution >= 4 is 34.6 Å². The molecular formula is C14H14ClN3O. The molecule has 0 aromatic heterocycles. The minimum absolute atomic E-state index is 0.383. The first-order chi connectivity index (χ1) is 8.99. The summed E-state index contributed by atoms with van der Waals surface area (Å²) in [5, 5.41) is 3.79. The van der Waals surface area contributed by atoms with E-state index in [1.165, 1.54) is 0 Å². The van der Waals surface area contributed by atoms with E-state index in [9.17, 15) is 4.79 Å². The fraction of sp³-hybridized carbons (Fsp3) is 0.0714. The Morgan fingerprint density at radius 2 is 1.95 bits per heavy atom. The van der Waals surface area contributed by atoms with Gasteiger partial charge >= 0.3 is 0 Å². The van der Waals surface area contributed by atoms with E-state index in [-0.39, 0.29) is 0 Å². The molecule has 5 heteroatoms. The van der Waals surface area contributed by atoms with Gasteiger partial charge in [0.25, 0.3) is 5.91 Å². The number of hydrogen-bond donors (Lipinski definition) is 3. The van der Waals surface area contributed by atoms with E-state index in [2.05, 4.69) is 5.32 Å². The second-order valence-electron chi connectivity index (χ2n) is 4.21. The van der Waals surface area contributed by atoms with Crippen molar-refractivity contribution < 1.29 is 4.79 Å². The van der Waals surface area contributed by atoms with Gasteiger partial charge < -0.3 is 16.8 Å². The first-order valence-corrected chi connectivity index (χ1v) is 6.08. The molecule has 0 saturated carbocycles. The summed E-state index contributed by atoms with van der Waals surface area (Å²) in [6, 6.07) is 10.4. The lowest BCUT2D eigenvalue weighted by atomic mass is 10.1. The van der Waals surface area contributed by atoms with Crippen molar-refractivity contribution in [3.63, 3.8) is 0 Å². The van der Waals surface area contributed by atoms with Gasteiger partial charge in [-0.2, -0.15) is 0 Å². The first-order valence-electron chi connectivity index (χ1n) is 5.70. The zero-order valence-electron chi connectivity index (χ0n) is 10.4. The van der Waals surface area contributed by atoms with Gasteiger partial charge in [0.15, 0.2) is 0 Å². The molecule has 4 nitrogen and oxygen atoms in total. The molecule has 19 heavy (non-hydrogen) atoms. The largest absolute Gasteiger partial charge is 0.399 e. The number of carbonyl (C=O) groups excluding carboxylic acids is 1. The summed E-state index contributed by atoms with van der Waals surface area (Å²) >= 11 is 6.06. The van der Waals surface area contributed by atoms with Crippen LogP contribution in [0.1, 0.15) is 15.9 Å². The lowest BCUT2D eigenvalue weighted by molar-refractivity contribution is 0.100. The molecule has 0 radical (unpaired) electrons. The van der Waals surface area contributed by atoms with Crippen molar-refractivity contribution in [2.75, 3.05) is 11.1 Å². The average molecular weight is 276 g/mol. The predicted molar refractivity (Wildman–Crippen MR) is 78.8 cm³/mol. The van der Waals surface area contributed by atoms with E-state index in [1.54, 1.807) is 24.3 Å². The maximum absolute atomic E-state index is 11.4. The maximum Gasteiger partial charge on any atom is 0.250 e. The Kier molecular flexibility index (Phi) is 3.62. The molecule has 0 aliphatic rings. The van der Waals surface area contributed by atoms with Crippen molar-refractivity contribution in [1.82, 2.24) is 0 Å². The number of anilines is 3. The van der Waals surface area contributed by atoms with Gasteiger partial charge in [0, 0.05) is 16.4 Å². The standard InChI is InChI=1S/C14H14ClN3O/c1-8-11(15)3-2-4-12(8)18-13-7-9(16)5-6-10(13)14(17)19/h2-7,18H,16H2,1H3,(H2,17,19). The molecule has 0 spiro atoms. The lowest BCUT2D eigenvalue weighted by Crippen LogP contribution is -2.13. The van der Waals surface area contributed by atoms with Crippen molar-refractivity contribution in [3.05, 3.63) is 52.5 Å². The van der Waals surface area contributed by atoms with Crippen molar-refractivity contribution in [2.24, 2.45) is 5.73 Å². The second kappa shape index (κ2) is 5.20. The van der Waals surface area contributed by atoms with Gasteiger partial charge in [-0.1, -0.05) is 17.7 Å². The predicted octanol–water partition coefficient (Wildman–Crippen LogP) is 3.07. The van der Waals surface area contributed by atoms with E-state index < -0.39 is 5.91 Å². The van der Waals surface area contributed by atoms with Gasteiger partial charge in [-0.05, 0) is 42.8 Å². The molecule has 0 saturated heterocycles. The number of nitrogens with two attached hydrogens (primary N) is 2. The minimum Gasteiger partial charge on any atom is -0.399 e. The van der Waals surface area contributed by atoms with Crippen LogP contribution in [-0.4, -0.2) is 5.91 Å². The van der Waals surface area contributed by atoms with Crippen LogP contribution in [0.3, 0.4) is 0 Å². The molecule has 2 aromatic rings. The Bertz CT molecular complexity index is 641. The Labute approximate surface area is 116 Å². The summed E-state index contributed by atoms with van der Waals surface area (Å²) in [7, 11) is 0. The molecule has 0 unspecified atom stereocenters. The van der Waals surface area contributed by atoms with Crippen LogP contribution in [0.4, 0.5) is 17.1 Å². The Morgan fingerprint density at radius 3 is 2.63 bits per heavy atom. The number of amides is 1.